The Kier molecular flexibility index (Phi) is 4.85. The number of nitrogens with one attached hydrogen (secondary N) is 1. The number of hydrogen-bond acceptors (Lipinski definition) is 6. The van der Waals surface area contributed by atoms with Gasteiger partial charge in [0.25, 0.3) is 5.91 Å². The number of carbonyl (C=O) groups is 1. The molecule has 2 unspecified atom stereocenters. The van der Waals surface area contributed by atoms with Crippen molar-refractivity contribution in [3.8, 4) is 0 Å². The van der Waals surface area contributed by atoms with Gasteiger partial charge in [0.15, 0.2) is 6.17 Å². The van der Waals surface area contributed by atoms with Crippen LogP contribution in [0.3, 0.4) is 0 Å². The number of carbonyl (C=O) groups excluding carboxylic acids is 1. The van der Waals surface area contributed by atoms with Crippen molar-refractivity contribution in [1.82, 2.24) is 15.2 Å². The predicted molar refractivity (Wildman–Crippen MR) is 104 cm³/mol. The van der Waals surface area contributed by atoms with Crippen LogP contribution in [0, 0.1) is 11.6 Å². The van der Waals surface area contributed by atoms with Crippen molar-refractivity contribution in [2.45, 2.75) is 50.5 Å². The van der Waals surface area contributed by atoms with E-state index in [1.807, 2.05) is 4.90 Å². The van der Waals surface area contributed by atoms with E-state index in [1.54, 1.807) is 23.5 Å². The number of hydrogen-bond donors (Lipinski definition) is 2. The van der Waals surface area contributed by atoms with Crippen LogP contribution in [0.2, 0.25) is 0 Å². The smallest absolute Gasteiger partial charge is 0.252 e. The van der Waals surface area contributed by atoms with E-state index >= 15 is 0 Å². The maximum Gasteiger partial charge on any atom is 0.252 e. The molecule has 1 amide bonds. The topological polar surface area (TPSA) is 80.5 Å². The fourth-order valence-corrected chi connectivity index (χ4v) is 3.79. The fraction of sp³-hybridized carbons (Fsp3) is 0.450. The Labute approximate surface area is 167 Å². The van der Waals surface area contributed by atoms with Crippen molar-refractivity contribution in [1.29, 1.82) is 0 Å². The average molecular weight is 403 g/mol. The van der Waals surface area contributed by atoms with Gasteiger partial charge in [-0.1, -0.05) is 0 Å². The molecule has 0 radical (unpaired) electrons. The number of nitrogens with zero attached hydrogens (tertiary/aromatic N) is 4. The van der Waals surface area contributed by atoms with Crippen LogP contribution in [-0.2, 0) is 4.79 Å². The van der Waals surface area contributed by atoms with Gasteiger partial charge in [0.05, 0.1) is 12.3 Å². The molecule has 0 aliphatic carbocycles. The normalized spacial score (nSPS) is 26.0. The van der Waals surface area contributed by atoms with E-state index < -0.39 is 35.4 Å². The molecule has 1 aromatic carbocycles. The summed E-state index contributed by atoms with van der Waals surface area (Å²) < 4.78 is 28.0. The first-order valence-corrected chi connectivity index (χ1v) is 9.57. The molecule has 1 aromatic rings. The second-order valence-electron chi connectivity index (χ2n) is 7.94. The zero-order chi connectivity index (χ0) is 20.8. The standard InChI is InChI=1S/C20H23F2N5O2/c1-20(2,29)19(28)24-15-11-23-27-9-7-17(25-18(15)27)26-8-3-4-16(26)13-10-12(21)5-6-14(13)22/h5-7,9-11,15-16,18,29H,3-4,8H2,1-2H3,(H,24,28)/t15?,16-,18?/m1/s1. The zero-order valence-electron chi connectivity index (χ0n) is 16.2. The molecule has 4 rings (SSSR count). The van der Waals surface area contributed by atoms with Crippen LogP contribution in [0.15, 0.2) is 40.6 Å². The largest absolute Gasteiger partial charge is 0.381 e. The summed E-state index contributed by atoms with van der Waals surface area (Å²) in [7, 11) is 0. The highest BCUT2D eigenvalue weighted by Gasteiger charge is 2.38. The third kappa shape index (κ3) is 3.74. The lowest BCUT2D eigenvalue weighted by molar-refractivity contribution is -0.136. The minimum atomic E-state index is -1.52. The average Bonchev–Trinajstić information content (AvgIpc) is 3.30. The van der Waals surface area contributed by atoms with Crippen molar-refractivity contribution >= 4 is 18.0 Å². The number of benzene rings is 1. The number of rotatable bonds is 3. The number of likely N-dealkylation sites (tertiary alicyclic amines) is 1. The van der Waals surface area contributed by atoms with Crippen LogP contribution in [0.1, 0.15) is 38.3 Å². The number of fused-ring (bicyclic) bond motifs is 1. The SMILES string of the molecule is CC(C)(O)C(=O)NC1C=NN2C=CC(N3CCC[C@@H]3c3cc(F)ccc3F)=NC12. The predicted octanol–water partition coefficient (Wildman–Crippen LogP) is 1.91. The lowest BCUT2D eigenvalue weighted by Crippen LogP contribution is -2.52. The molecule has 3 aliphatic rings. The molecule has 3 heterocycles. The highest BCUT2D eigenvalue weighted by molar-refractivity contribution is 5.95. The summed E-state index contributed by atoms with van der Waals surface area (Å²) in [5, 5.41) is 18.5. The third-order valence-electron chi connectivity index (χ3n) is 5.31. The first-order chi connectivity index (χ1) is 13.7. The lowest BCUT2D eigenvalue weighted by Gasteiger charge is -2.33. The lowest BCUT2D eigenvalue weighted by atomic mass is 10.0. The van der Waals surface area contributed by atoms with Gasteiger partial charge in [-0.05, 0) is 51.0 Å². The molecular formula is C20H23F2N5O2. The van der Waals surface area contributed by atoms with Crippen molar-refractivity contribution in [2.75, 3.05) is 6.54 Å². The fourth-order valence-electron chi connectivity index (χ4n) is 3.79. The van der Waals surface area contributed by atoms with Gasteiger partial charge in [-0.25, -0.2) is 18.8 Å². The van der Waals surface area contributed by atoms with Crippen molar-refractivity contribution in [2.24, 2.45) is 10.1 Å². The first kappa shape index (κ1) is 19.5. The first-order valence-electron chi connectivity index (χ1n) is 9.57. The van der Waals surface area contributed by atoms with Crippen LogP contribution < -0.4 is 5.32 Å². The molecule has 154 valence electrons. The molecule has 0 spiro atoms. The van der Waals surface area contributed by atoms with Gasteiger partial charge in [-0.2, -0.15) is 5.10 Å². The van der Waals surface area contributed by atoms with Crippen LogP contribution >= 0.6 is 0 Å². The number of amidine groups is 1. The molecule has 0 aromatic heterocycles. The Morgan fingerprint density at radius 1 is 1.34 bits per heavy atom. The van der Waals surface area contributed by atoms with Gasteiger partial charge in [0.2, 0.25) is 0 Å². The number of halogens is 2. The van der Waals surface area contributed by atoms with Crippen molar-refractivity contribution < 1.29 is 18.7 Å². The van der Waals surface area contributed by atoms with E-state index in [0.29, 0.717) is 24.4 Å². The van der Waals surface area contributed by atoms with Gasteiger partial charge in [-0.3, -0.25) is 4.79 Å². The second-order valence-corrected chi connectivity index (χ2v) is 7.94. The molecular weight excluding hydrogens is 380 g/mol. The van der Waals surface area contributed by atoms with Crippen LogP contribution in [0.4, 0.5) is 8.78 Å². The van der Waals surface area contributed by atoms with Crippen LogP contribution in [0.25, 0.3) is 0 Å². The highest BCUT2D eigenvalue weighted by atomic mass is 19.1. The Hall–Kier alpha value is -2.81. The van der Waals surface area contributed by atoms with E-state index in [2.05, 4.69) is 10.4 Å². The number of amides is 1. The summed E-state index contributed by atoms with van der Waals surface area (Å²) in [6, 6.07) is 2.67. The van der Waals surface area contributed by atoms with Gasteiger partial charge < -0.3 is 15.3 Å². The summed E-state index contributed by atoms with van der Waals surface area (Å²) in [5.41, 5.74) is -1.21. The third-order valence-corrected chi connectivity index (χ3v) is 5.31. The minimum absolute atomic E-state index is 0.313. The molecule has 2 N–H and O–H groups in total. The van der Waals surface area contributed by atoms with Crippen LogP contribution in [0.5, 0.6) is 0 Å². The molecule has 7 nitrogen and oxygen atoms in total. The molecule has 1 fully saturated rings. The quantitative estimate of drug-likeness (QED) is 0.808. The highest BCUT2D eigenvalue weighted by Crippen LogP contribution is 2.35. The Balaban J connectivity index is 1.57. The maximum absolute atomic E-state index is 14.3. The summed E-state index contributed by atoms with van der Waals surface area (Å²) in [6.45, 7) is 3.48. The van der Waals surface area contributed by atoms with Crippen molar-refractivity contribution in [3.63, 3.8) is 0 Å². The maximum atomic E-state index is 14.3. The molecule has 0 saturated carbocycles. The molecule has 9 heteroatoms. The zero-order valence-corrected chi connectivity index (χ0v) is 16.2. The van der Waals surface area contributed by atoms with E-state index in [1.165, 1.54) is 19.9 Å². The second kappa shape index (κ2) is 7.22. The molecule has 3 aliphatic heterocycles. The summed E-state index contributed by atoms with van der Waals surface area (Å²) in [5.74, 6) is -0.808. The van der Waals surface area contributed by atoms with E-state index in [-0.39, 0.29) is 6.04 Å². The van der Waals surface area contributed by atoms with Crippen LogP contribution in [-0.4, -0.2) is 57.3 Å². The molecule has 29 heavy (non-hydrogen) atoms. The number of hydrazone groups is 1. The van der Waals surface area contributed by atoms with E-state index in [0.717, 1.165) is 18.6 Å². The van der Waals surface area contributed by atoms with Gasteiger partial charge in [-0.15, -0.1) is 0 Å². The minimum Gasteiger partial charge on any atom is -0.381 e. The van der Waals surface area contributed by atoms with Gasteiger partial charge in [0.1, 0.15) is 29.1 Å². The Morgan fingerprint density at radius 2 is 2.14 bits per heavy atom. The summed E-state index contributed by atoms with van der Waals surface area (Å²) >= 11 is 0. The van der Waals surface area contributed by atoms with Gasteiger partial charge >= 0.3 is 0 Å². The van der Waals surface area contributed by atoms with E-state index in [4.69, 9.17) is 4.99 Å². The summed E-state index contributed by atoms with van der Waals surface area (Å²) in [4.78, 5) is 18.8. The Morgan fingerprint density at radius 3 is 2.90 bits per heavy atom. The molecule has 0 bridgehead atoms. The summed E-state index contributed by atoms with van der Waals surface area (Å²) in [6.07, 6.45) is 6.12. The number of aliphatic hydroxyl groups is 1. The molecule has 1 saturated heterocycles. The molecule has 3 atom stereocenters. The van der Waals surface area contributed by atoms with Crippen molar-refractivity contribution in [3.05, 3.63) is 47.7 Å². The monoisotopic (exact) mass is 403 g/mol. The Bertz CT molecular complexity index is 909. The van der Waals surface area contributed by atoms with Gasteiger partial charge in [0, 0.05) is 18.3 Å². The van der Waals surface area contributed by atoms with E-state index in [9.17, 15) is 18.7 Å². The number of aliphatic imine (C=N–C) groups is 1.